The molecule has 7 nitrogen and oxygen atoms in total. The molecule has 0 spiro atoms. The van der Waals surface area contributed by atoms with E-state index >= 15 is 0 Å². The number of amides is 1. The summed E-state index contributed by atoms with van der Waals surface area (Å²) in [6.45, 7) is 4.48. The number of aromatic nitrogens is 4. The fourth-order valence-corrected chi connectivity index (χ4v) is 5.28. The second kappa shape index (κ2) is 7.85. The van der Waals surface area contributed by atoms with Gasteiger partial charge in [0.05, 0.1) is 0 Å². The molecule has 5 heterocycles. The van der Waals surface area contributed by atoms with Gasteiger partial charge < -0.3 is 15.2 Å². The number of aryl methyl sites for hydroxylation is 2. The summed E-state index contributed by atoms with van der Waals surface area (Å²) >= 11 is 0. The number of nitrogens with zero attached hydrogens (tertiary/aromatic N) is 4. The van der Waals surface area contributed by atoms with Crippen molar-refractivity contribution in [2.24, 2.45) is 7.05 Å². The van der Waals surface area contributed by atoms with Crippen molar-refractivity contribution < 1.29 is 4.79 Å². The molecule has 1 fully saturated rings. The largest absolute Gasteiger partial charge is 0.346 e. The van der Waals surface area contributed by atoms with E-state index in [-0.39, 0.29) is 5.91 Å². The number of benzene rings is 1. The normalized spacial score (nSPS) is 18.1. The van der Waals surface area contributed by atoms with Gasteiger partial charge in [0.1, 0.15) is 11.3 Å². The fraction of sp³-hybridized carbons (Fsp3) is 0.346. The highest BCUT2D eigenvalue weighted by Gasteiger charge is 2.29. The third kappa shape index (κ3) is 3.53. The van der Waals surface area contributed by atoms with Gasteiger partial charge in [-0.15, -0.1) is 0 Å². The first-order chi connectivity index (χ1) is 16.1. The number of pyridine rings is 1. The van der Waals surface area contributed by atoms with Gasteiger partial charge >= 0.3 is 0 Å². The lowest BCUT2D eigenvalue weighted by atomic mass is 9.87. The van der Waals surface area contributed by atoms with Crippen LogP contribution < -0.4 is 5.32 Å². The molecule has 3 aromatic heterocycles. The van der Waals surface area contributed by atoms with Crippen LogP contribution in [0.3, 0.4) is 0 Å². The summed E-state index contributed by atoms with van der Waals surface area (Å²) in [5.41, 5.74) is 8.95. The van der Waals surface area contributed by atoms with E-state index in [1.54, 1.807) is 10.7 Å². The Kier molecular flexibility index (Phi) is 4.80. The molecule has 1 amide bonds. The number of fused-ring (bicyclic) bond motifs is 2. The minimum Gasteiger partial charge on any atom is -0.346 e. The fourth-order valence-electron chi connectivity index (χ4n) is 5.28. The molecule has 0 radical (unpaired) electrons. The highest BCUT2D eigenvalue weighted by Crippen LogP contribution is 2.36. The molecule has 33 heavy (non-hydrogen) atoms. The number of carbonyl (C=O) groups is 1. The van der Waals surface area contributed by atoms with E-state index in [2.05, 4.69) is 45.5 Å². The van der Waals surface area contributed by atoms with E-state index in [1.807, 2.05) is 30.5 Å². The summed E-state index contributed by atoms with van der Waals surface area (Å²) in [4.78, 5) is 22.9. The number of hydrogen-bond acceptors (Lipinski definition) is 4. The molecular formula is C26H28N6O. The Balaban J connectivity index is 1.40. The second-order valence-electron chi connectivity index (χ2n) is 9.30. The average Bonchev–Trinajstić information content (AvgIpc) is 3.59. The van der Waals surface area contributed by atoms with Crippen molar-refractivity contribution in [3.05, 3.63) is 70.8 Å². The van der Waals surface area contributed by atoms with E-state index in [0.717, 1.165) is 36.0 Å². The highest BCUT2D eigenvalue weighted by atomic mass is 16.2. The lowest BCUT2D eigenvalue weighted by Crippen LogP contribution is -2.37. The maximum Gasteiger partial charge on any atom is 0.274 e. The Labute approximate surface area is 192 Å². The summed E-state index contributed by atoms with van der Waals surface area (Å²) in [6, 6.07) is 8.99. The van der Waals surface area contributed by atoms with Crippen LogP contribution in [-0.2, 0) is 20.0 Å². The number of rotatable bonds is 3. The van der Waals surface area contributed by atoms with Crippen LogP contribution in [-0.4, -0.2) is 43.6 Å². The Bertz CT molecular complexity index is 1360. The van der Waals surface area contributed by atoms with Crippen LogP contribution in [0.15, 0.2) is 42.9 Å². The SMILES string of the molecule is Cc1c[nH]c2ncc(-c3cc4c(c(C5CCCN5)c3)CN(C(=O)c3ccn(C)n3)CC4)cc12. The van der Waals surface area contributed by atoms with Crippen LogP contribution in [0.2, 0.25) is 0 Å². The molecular weight excluding hydrogens is 412 g/mol. The van der Waals surface area contributed by atoms with Gasteiger partial charge in [-0.1, -0.05) is 6.07 Å². The molecule has 2 N–H and O–H groups in total. The van der Waals surface area contributed by atoms with Crippen molar-refractivity contribution in [3.8, 4) is 11.1 Å². The number of nitrogens with one attached hydrogen (secondary N) is 2. The average molecular weight is 441 g/mol. The minimum absolute atomic E-state index is 0.00763. The maximum atomic E-state index is 13.1. The van der Waals surface area contributed by atoms with Gasteiger partial charge in [-0.25, -0.2) is 4.98 Å². The van der Waals surface area contributed by atoms with Gasteiger partial charge in [0.25, 0.3) is 5.91 Å². The Hall–Kier alpha value is -3.45. The van der Waals surface area contributed by atoms with Gasteiger partial charge in [-0.2, -0.15) is 5.10 Å². The Morgan fingerprint density at radius 3 is 2.91 bits per heavy atom. The number of aromatic amines is 1. The zero-order chi connectivity index (χ0) is 22.5. The first kappa shape index (κ1) is 20.2. The molecule has 1 atom stereocenters. The highest BCUT2D eigenvalue weighted by molar-refractivity contribution is 5.92. The predicted octanol–water partition coefficient (Wildman–Crippen LogP) is 3.89. The Morgan fingerprint density at radius 2 is 2.12 bits per heavy atom. The molecule has 2 aliphatic rings. The molecule has 0 saturated carbocycles. The summed E-state index contributed by atoms with van der Waals surface area (Å²) in [5, 5.41) is 9.17. The minimum atomic E-state index is 0.00763. The maximum absolute atomic E-state index is 13.1. The Morgan fingerprint density at radius 1 is 1.21 bits per heavy atom. The zero-order valence-electron chi connectivity index (χ0n) is 19.1. The lowest BCUT2D eigenvalue weighted by Gasteiger charge is -2.32. The van der Waals surface area contributed by atoms with Gasteiger partial charge in [0, 0.05) is 55.7 Å². The van der Waals surface area contributed by atoms with E-state index < -0.39 is 0 Å². The third-order valence-corrected chi connectivity index (χ3v) is 7.10. The molecule has 6 rings (SSSR count). The zero-order valence-corrected chi connectivity index (χ0v) is 19.1. The predicted molar refractivity (Wildman–Crippen MR) is 128 cm³/mol. The number of carbonyl (C=O) groups excluding carboxylic acids is 1. The van der Waals surface area contributed by atoms with E-state index in [9.17, 15) is 4.79 Å². The van der Waals surface area contributed by atoms with Gasteiger partial charge in [0.2, 0.25) is 0 Å². The van der Waals surface area contributed by atoms with Crippen LogP contribution in [0.25, 0.3) is 22.2 Å². The smallest absolute Gasteiger partial charge is 0.274 e. The van der Waals surface area contributed by atoms with Crippen LogP contribution in [0.5, 0.6) is 0 Å². The van der Waals surface area contributed by atoms with Crippen molar-refractivity contribution in [1.82, 2.24) is 30.0 Å². The molecule has 4 aromatic rings. The van der Waals surface area contributed by atoms with Crippen molar-refractivity contribution in [2.75, 3.05) is 13.1 Å². The lowest BCUT2D eigenvalue weighted by molar-refractivity contribution is 0.0727. The topological polar surface area (TPSA) is 78.8 Å². The van der Waals surface area contributed by atoms with Crippen molar-refractivity contribution >= 4 is 16.9 Å². The van der Waals surface area contributed by atoms with E-state index in [0.29, 0.717) is 24.8 Å². The molecule has 0 aliphatic carbocycles. The molecule has 2 aliphatic heterocycles. The van der Waals surface area contributed by atoms with Crippen LogP contribution in [0.1, 0.15) is 51.6 Å². The molecule has 7 heteroatoms. The summed E-state index contributed by atoms with van der Waals surface area (Å²) in [6.07, 6.45) is 8.94. The van der Waals surface area contributed by atoms with Crippen molar-refractivity contribution in [1.29, 1.82) is 0 Å². The standard InChI is InChI=1S/C26H28N6O/c1-16-13-28-25-20(16)12-19(14-29-25)18-10-17-5-9-32(26(33)24-6-8-31(2)30-24)15-22(17)21(11-18)23-4-3-7-27-23/h6,8,10-14,23,27H,3-5,7,9,15H2,1-2H3,(H,28,29). The second-order valence-corrected chi connectivity index (χ2v) is 9.30. The van der Waals surface area contributed by atoms with Gasteiger partial charge in [0.15, 0.2) is 0 Å². The molecule has 1 saturated heterocycles. The summed E-state index contributed by atoms with van der Waals surface area (Å²) in [7, 11) is 1.84. The quantitative estimate of drug-likeness (QED) is 0.507. The number of H-pyrrole nitrogens is 1. The van der Waals surface area contributed by atoms with Gasteiger partial charge in [-0.05, 0) is 78.7 Å². The van der Waals surface area contributed by atoms with Gasteiger partial charge in [-0.3, -0.25) is 9.48 Å². The molecule has 168 valence electrons. The van der Waals surface area contributed by atoms with E-state index in [4.69, 9.17) is 0 Å². The molecule has 1 aromatic carbocycles. The summed E-state index contributed by atoms with van der Waals surface area (Å²) in [5.74, 6) is 0.00763. The molecule has 0 bridgehead atoms. The van der Waals surface area contributed by atoms with E-state index in [1.165, 1.54) is 34.2 Å². The van der Waals surface area contributed by atoms with Crippen LogP contribution >= 0.6 is 0 Å². The first-order valence-corrected chi connectivity index (χ1v) is 11.7. The van der Waals surface area contributed by atoms with Crippen molar-refractivity contribution in [2.45, 2.75) is 38.8 Å². The molecule has 1 unspecified atom stereocenters. The third-order valence-electron chi connectivity index (χ3n) is 7.10. The van der Waals surface area contributed by atoms with Crippen LogP contribution in [0, 0.1) is 6.92 Å². The number of hydrogen-bond donors (Lipinski definition) is 2. The first-order valence-electron chi connectivity index (χ1n) is 11.7. The summed E-state index contributed by atoms with van der Waals surface area (Å²) < 4.78 is 1.68. The van der Waals surface area contributed by atoms with Crippen LogP contribution in [0.4, 0.5) is 0 Å². The monoisotopic (exact) mass is 440 g/mol. The van der Waals surface area contributed by atoms with Crippen molar-refractivity contribution in [3.63, 3.8) is 0 Å².